The summed E-state index contributed by atoms with van der Waals surface area (Å²) in [6.07, 6.45) is 36.3. The van der Waals surface area contributed by atoms with Crippen LogP contribution in [-0.2, 0) is 23.9 Å². The molecule has 0 aliphatic rings. The van der Waals surface area contributed by atoms with Crippen molar-refractivity contribution in [3.05, 3.63) is 24.3 Å². The third kappa shape index (κ3) is 37.7. The average Bonchev–Trinajstić information content (AvgIpc) is 3.10. The van der Waals surface area contributed by atoms with E-state index in [0.29, 0.717) is 43.5 Å². The van der Waals surface area contributed by atoms with Crippen LogP contribution in [0.2, 0.25) is 0 Å². The Kier molecular flexibility index (Phi) is 34.5. The fraction of sp³-hybridized carbons (Fsp3) is 0.854. The Morgan fingerprint density at radius 3 is 1.47 bits per heavy atom. The van der Waals surface area contributed by atoms with Crippen LogP contribution in [0.1, 0.15) is 208 Å². The molecule has 0 fully saturated rings. The molecule has 0 saturated carbocycles. The van der Waals surface area contributed by atoms with E-state index in [9.17, 15) is 14.4 Å². The van der Waals surface area contributed by atoms with Crippen molar-refractivity contribution in [3.8, 4) is 0 Å². The number of allylic oxidation sites excluding steroid dienone is 2. The number of carbonyl (C=O) groups is 3. The SMILES string of the molecule is CCCCCC/C=C\COC(=O)CCCCCCCC(CCCCCCCC(=O)OC/C=C\CCCCCC)CSC(=O)CC(C)(C)CC(C)(C)CN(C)C. The molecular formula is C48H89NO5S. The normalized spacial score (nSPS) is 12.5. The summed E-state index contributed by atoms with van der Waals surface area (Å²) >= 11 is 1.57. The van der Waals surface area contributed by atoms with Gasteiger partial charge in [-0.15, -0.1) is 0 Å². The topological polar surface area (TPSA) is 72.9 Å². The fourth-order valence-corrected chi connectivity index (χ4v) is 9.12. The summed E-state index contributed by atoms with van der Waals surface area (Å²) in [7, 11) is 4.24. The van der Waals surface area contributed by atoms with Gasteiger partial charge in [0.05, 0.1) is 0 Å². The molecule has 0 bridgehead atoms. The molecular weight excluding hydrogens is 703 g/mol. The Labute approximate surface area is 345 Å². The zero-order valence-electron chi connectivity index (χ0n) is 37.5. The number of carbonyl (C=O) groups excluding carboxylic acids is 3. The molecule has 6 nitrogen and oxygen atoms in total. The molecule has 0 heterocycles. The highest BCUT2D eigenvalue weighted by Crippen LogP contribution is 2.38. The van der Waals surface area contributed by atoms with Gasteiger partial charge in [0.15, 0.2) is 5.12 Å². The van der Waals surface area contributed by atoms with Crippen molar-refractivity contribution < 1.29 is 23.9 Å². The summed E-state index contributed by atoms with van der Waals surface area (Å²) in [6.45, 7) is 15.4. The molecule has 0 radical (unpaired) electrons. The summed E-state index contributed by atoms with van der Waals surface area (Å²) in [5.41, 5.74) is 0.142. The highest BCUT2D eigenvalue weighted by Gasteiger charge is 2.31. The molecule has 0 aromatic heterocycles. The Balaban J connectivity index is 4.55. The van der Waals surface area contributed by atoms with Crippen LogP contribution in [0.5, 0.6) is 0 Å². The second kappa shape index (κ2) is 35.6. The number of esters is 2. The van der Waals surface area contributed by atoms with Gasteiger partial charge in [-0.3, -0.25) is 14.4 Å². The minimum absolute atomic E-state index is 0.0207. The monoisotopic (exact) mass is 792 g/mol. The number of nitrogens with zero attached hydrogens (tertiary/aromatic N) is 1. The number of thioether (sulfide) groups is 1. The third-order valence-corrected chi connectivity index (χ3v) is 11.4. The van der Waals surface area contributed by atoms with Gasteiger partial charge in [0.2, 0.25) is 0 Å². The first kappa shape index (κ1) is 53.4. The van der Waals surface area contributed by atoms with Gasteiger partial charge >= 0.3 is 11.9 Å². The fourth-order valence-electron chi connectivity index (χ4n) is 7.88. The van der Waals surface area contributed by atoms with Crippen molar-refractivity contribution in [3.63, 3.8) is 0 Å². The Hall–Kier alpha value is -1.60. The molecule has 0 atom stereocenters. The van der Waals surface area contributed by atoms with Crippen molar-refractivity contribution in [2.24, 2.45) is 16.7 Å². The molecule has 0 aliphatic carbocycles. The van der Waals surface area contributed by atoms with Crippen LogP contribution in [-0.4, -0.2) is 61.6 Å². The van der Waals surface area contributed by atoms with Crippen LogP contribution in [0.3, 0.4) is 0 Å². The largest absolute Gasteiger partial charge is 0.461 e. The van der Waals surface area contributed by atoms with E-state index in [2.05, 4.69) is 72.7 Å². The maximum atomic E-state index is 13.2. The van der Waals surface area contributed by atoms with E-state index in [-0.39, 0.29) is 22.8 Å². The second-order valence-electron chi connectivity index (χ2n) is 18.1. The van der Waals surface area contributed by atoms with Gasteiger partial charge < -0.3 is 14.4 Å². The van der Waals surface area contributed by atoms with Crippen molar-refractivity contribution in [2.75, 3.05) is 39.6 Å². The van der Waals surface area contributed by atoms with Crippen LogP contribution in [0, 0.1) is 16.7 Å². The van der Waals surface area contributed by atoms with E-state index in [1.165, 1.54) is 77.0 Å². The van der Waals surface area contributed by atoms with E-state index >= 15 is 0 Å². The van der Waals surface area contributed by atoms with E-state index in [1.54, 1.807) is 11.8 Å². The smallest absolute Gasteiger partial charge is 0.306 e. The van der Waals surface area contributed by atoms with Gasteiger partial charge in [-0.25, -0.2) is 0 Å². The van der Waals surface area contributed by atoms with Crippen molar-refractivity contribution >= 4 is 28.8 Å². The maximum absolute atomic E-state index is 13.2. The summed E-state index contributed by atoms with van der Waals surface area (Å²) < 4.78 is 10.8. The number of hydrogen-bond donors (Lipinski definition) is 0. The predicted octanol–water partition coefficient (Wildman–Crippen LogP) is 13.9. The second-order valence-corrected chi connectivity index (χ2v) is 19.2. The maximum Gasteiger partial charge on any atom is 0.306 e. The lowest BCUT2D eigenvalue weighted by Gasteiger charge is -2.36. The minimum atomic E-state index is -0.0852. The highest BCUT2D eigenvalue weighted by molar-refractivity contribution is 8.13. The Morgan fingerprint density at radius 1 is 0.582 bits per heavy atom. The first-order valence-corrected chi connectivity index (χ1v) is 23.7. The van der Waals surface area contributed by atoms with Crippen LogP contribution in [0.25, 0.3) is 0 Å². The number of rotatable bonds is 38. The van der Waals surface area contributed by atoms with Gasteiger partial charge in [0, 0.05) is 31.6 Å². The lowest BCUT2D eigenvalue weighted by molar-refractivity contribution is -0.143. The molecule has 55 heavy (non-hydrogen) atoms. The Bertz CT molecular complexity index is 952. The molecule has 0 N–H and O–H groups in total. The number of hydrogen-bond acceptors (Lipinski definition) is 7. The molecule has 7 heteroatoms. The van der Waals surface area contributed by atoms with Gasteiger partial charge in [-0.2, -0.15) is 0 Å². The third-order valence-electron chi connectivity index (χ3n) is 10.3. The van der Waals surface area contributed by atoms with Gasteiger partial charge in [-0.05, 0) is 88.6 Å². The molecule has 0 unspecified atom stereocenters. The zero-order valence-corrected chi connectivity index (χ0v) is 38.3. The van der Waals surface area contributed by atoms with E-state index in [1.807, 2.05) is 12.2 Å². The van der Waals surface area contributed by atoms with Gasteiger partial charge in [0.25, 0.3) is 0 Å². The highest BCUT2D eigenvalue weighted by atomic mass is 32.2. The quantitative estimate of drug-likeness (QED) is 0.0350. The number of unbranched alkanes of at least 4 members (excludes halogenated alkanes) is 16. The standard InChI is InChI=1S/C48H89NO5S/c1-9-11-13-15-17-25-31-37-53-44(50)35-29-23-19-21-27-33-43(40-55-46(52)39-47(3,4)41-48(5,6)42-49(7)8)34-28-22-20-24-30-36-45(51)54-38-32-26-18-16-14-12-10-2/h25-26,31-32,43H,9-24,27-30,33-42H2,1-8H3/b31-25-,32-26-. The van der Waals surface area contributed by atoms with Crippen LogP contribution in [0.4, 0.5) is 0 Å². The van der Waals surface area contributed by atoms with Gasteiger partial charge in [0.1, 0.15) is 13.2 Å². The van der Waals surface area contributed by atoms with E-state index in [0.717, 1.165) is 82.9 Å². The summed E-state index contributed by atoms with van der Waals surface area (Å²) in [5, 5.41) is 0.333. The van der Waals surface area contributed by atoms with Crippen LogP contribution >= 0.6 is 11.8 Å². The first-order valence-electron chi connectivity index (χ1n) is 22.7. The van der Waals surface area contributed by atoms with Gasteiger partial charge in [-0.1, -0.05) is 167 Å². The lowest BCUT2D eigenvalue weighted by atomic mass is 9.73. The molecule has 0 aliphatic heterocycles. The van der Waals surface area contributed by atoms with Crippen LogP contribution in [0.15, 0.2) is 24.3 Å². The molecule has 0 rings (SSSR count). The predicted molar refractivity (Wildman–Crippen MR) is 239 cm³/mol. The van der Waals surface area contributed by atoms with E-state index in [4.69, 9.17) is 9.47 Å². The average molecular weight is 792 g/mol. The van der Waals surface area contributed by atoms with Crippen molar-refractivity contribution in [1.29, 1.82) is 0 Å². The van der Waals surface area contributed by atoms with Crippen LogP contribution < -0.4 is 0 Å². The first-order chi connectivity index (χ1) is 26.3. The molecule has 0 aromatic carbocycles. The summed E-state index contributed by atoms with van der Waals surface area (Å²) in [6, 6.07) is 0. The molecule has 0 spiro atoms. The number of ether oxygens (including phenoxy) is 2. The zero-order chi connectivity index (χ0) is 41.0. The Morgan fingerprint density at radius 2 is 1.02 bits per heavy atom. The molecule has 0 aromatic rings. The molecule has 0 amide bonds. The summed E-state index contributed by atoms with van der Waals surface area (Å²) in [5.74, 6) is 1.29. The van der Waals surface area contributed by atoms with E-state index < -0.39 is 0 Å². The summed E-state index contributed by atoms with van der Waals surface area (Å²) in [4.78, 5) is 39.7. The lowest BCUT2D eigenvalue weighted by Crippen LogP contribution is -2.33. The van der Waals surface area contributed by atoms with Crippen molar-refractivity contribution in [1.82, 2.24) is 4.90 Å². The van der Waals surface area contributed by atoms with Crippen molar-refractivity contribution in [2.45, 2.75) is 208 Å². The molecule has 0 saturated heterocycles. The molecule has 322 valence electrons. The minimum Gasteiger partial charge on any atom is -0.461 e.